The number of likely N-dealkylation sites (N-methyl/N-ethyl adjacent to an activating group) is 2. The zero-order valence-corrected chi connectivity index (χ0v) is 25.8. The number of ether oxygens (including phenoxy) is 2. The third-order valence-corrected chi connectivity index (χ3v) is 6.77. The first-order valence-electron chi connectivity index (χ1n) is 14.0. The monoisotopic (exact) mass is 585 g/mol. The maximum Gasteiger partial charge on any atom is 0.343 e. The molecule has 2 heterocycles. The number of benzene rings is 2. The van der Waals surface area contributed by atoms with Crippen LogP contribution in [0.3, 0.4) is 0 Å². The second-order valence-corrected chi connectivity index (χ2v) is 10.7. The summed E-state index contributed by atoms with van der Waals surface area (Å²) in [4.78, 5) is 38.8. The van der Waals surface area contributed by atoms with Crippen molar-refractivity contribution in [2.75, 3.05) is 56.9 Å². The van der Waals surface area contributed by atoms with Crippen molar-refractivity contribution >= 4 is 45.8 Å². The molecule has 11 heteroatoms. The number of para-hydroxylation sites is 1. The molecule has 226 valence electrons. The molecule has 0 aliphatic heterocycles. The van der Waals surface area contributed by atoms with Crippen molar-refractivity contribution in [3.05, 3.63) is 72.6 Å². The van der Waals surface area contributed by atoms with Gasteiger partial charge >= 0.3 is 5.97 Å². The van der Waals surface area contributed by atoms with Gasteiger partial charge in [-0.05, 0) is 58.6 Å². The van der Waals surface area contributed by atoms with Gasteiger partial charge in [-0.15, -0.1) is 0 Å². The lowest BCUT2D eigenvalue weighted by Crippen LogP contribution is -2.29. The summed E-state index contributed by atoms with van der Waals surface area (Å²) in [6, 6.07) is 11.5. The molecular weight excluding hydrogens is 546 g/mol. The number of hydrogen-bond donors (Lipinski definition) is 2. The molecule has 43 heavy (non-hydrogen) atoms. The summed E-state index contributed by atoms with van der Waals surface area (Å²) in [5.74, 6) is 0.231. The number of nitrogens with one attached hydrogen (secondary N) is 2. The molecule has 0 saturated heterocycles. The molecule has 0 spiro atoms. The lowest BCUT2D eigenvalue weighted by atomic mass is 10.2. The van der Waals surface area contributed by atoms with Crippen LogP contribution >= 0.6 is 0 Å². The summed E-state index contributed by atoms with van der Waals surface area (Å²) >= 11 is 0. The number of methoxy groups -OCH3 is 1. The van der Waals surface area contributed by atoms with Crippen LogP contribution in [-0.4, -0.2) is 78.8 Å². The number of amides is 1. The average molecular weight is 586 g/mol. The fourth-order valence-corrected chi connectivity index (χ4v) is 4.59. The van der Waals surface area contributed by atoms with Crippen LogP contribution < -0.4 is 20.3 Å². The maximum absolute atomic E-state index is 13.1. The molecule has 0 saturated carbocycles. The van der Waals surface area contributed by atoms with E-state index in [1.54, 1.807) is 27.0 Å². The Morgan fingerprint density at radius 3 is 2.53 bits per heavy atom. The Hall–Kier alpha value is -4.90. The van der Waals surface area contributed by atoms with Crippen molar-refractivity contribution in [2.24, 2.45) is 0 Å². The van der Waals surface area contributed by atoms with Gasteiger partial charge in [-0.25, -0.2) is 9.78 Å². The van der Waals surface area contributed by atoms with Crippen LogP contribution in [0.25, 0.3) is 16.7 Å². The maximum atomic E-state index is 13.1. The quantitative estimate of drug-likeness (QED) is 0.172. The molecule has 0 fully saturated rings. The second kappa shape index (κ2) is 13.4. The predicted octanol–water partition coefficient (Wildman–Crippen LogP) is 5.17. The van der Waals surface area contributed by atoms with Crippen molar-refractivity contribution in [2.45, 2.75) is 26.9 Å². The summed E-state index contributed by atoms with van der Waals surface area (Å²) < 4.78 is 13.1. The molecule has 0 atom stereocenters. The molecule has 0 bridgehead atoms. The van der Waals surface area contributed by atoms with E-state index in [2.05, 4.69) is 27.1 Å². The van der Waals surface area contributed by atoms with Crippen LogP contribution in [0.4, 0.5) is 23.0 Å². The average Bonchev–Trinajstić information content (AvgIpc) is 3.31. The molecule has 2 N–H and O–H groups in total. The van der Waals surface area contributed by atoms with E-state index in [1.807, 2.05) is 74.1 Å². The first kappa shape index (κ1) is 31.0. The van der Waals surface area contributed by atoms with E-state index in [0.717, 1.165) is 28.7 Å². The minimum Gasteiger partial charge on any atom is -0.494 e. The number of carbonyl (C=O) groups is 2. The first-order valence-corrected chi connectivity index (χ1v) is 14.0. The summed E-state index contributed by atoms with van der Waals surface area (Å²) in [7, 11) is 7.52. The van der Waals surface area contributed by atoms with Gasteiger partial charge in [-0.3, -0.25) is 4.79 Å². The van der Waals surface area contributed by atoms with E-state index >= 15 is 0 Å². The largest absolute Gasteiger partial charge is 0.494 e. The first-order chi connectivity index (χ1) is 20.5. The van der Waals surface area contributed by atoms with Crippen LogP contribution in [0.1, 0.15) is 29.8 Å². The fraction of sp³-hybridized carbons (Fsp3) is 0.312. The van der Waals surface area contributed by atoms with Gasteiger partial charge in [0, 0.05) is 44.0 Å². The molecule has 0 aliphatic rings. The highest BCUT2D eigenvalue weighted by Crippen LogP contribution is 2.38. The van der Waals surface area contributed by atoms with E-state index in [-0.39, 0.29) is 23.5 Å². The van der Waals surface area contributed by atoms with Crippen LogP contribution in [0.2, 0.25) is 0 Å². The number of esters is 1. The number of hydrogen-bond acceptors (Lipinski definition) is 9. The number of fused-ring (bicyclic) bond motifs is 1. The number of nitrogens with zero attached hydrogens (tertiary/aromatic N) is 5. The Labute approximate surface area is 252 Å². The van der Waals surface area contributed by atoms with Gasteiger partial charge in [0.15, 0.2) is 5.82 Å². The topological polar surface area (TPSA) is 114 Å². The van der Waals surface area contributed by atoms with Gasteiger partial charge in [-0.2, -0.15) is 4.98 Å². The van der Waals surface area contributed by atoms with Crippen LogP contribution in [-0.2, 0) is 9.53 Å². The van der Waals surface area contributed by atoms with Crippen molar-refractivity contribution < 1.29 is 19.1 Å². The summed E-state index contributed by atoms with van der Waals surface area (Å²) in [5, 5.41) is 7.16. The second-order valence-electron chi connectivity index (χ2n) is 10.7. The molecule has 0 radical (unpaired) electrons. The summed E-state index contributed by atoms with van der Waals surface area (Å²) in [6.07, 6.45) is 4.29. The molecule has 2 aromatic heterocycles. The van der Waals surface area contributed by atoms with E-state index in [0.29, 0.717) is 29.5 Å². The van der Waals surface area contributed by atoms with Gasteiger partial charge in [0.1, 0.15) is 11.3 Å². The molecule has 1 amide bonds. The van der Waals surface area contributed by atoms with Crippen LogP contribution in [0, 0.1) is 6.92 Å². The van der Waals surface area contributed by atoms with Crippen molar-refractivity contribution in [3.63, 3.8) is 0 Å². The molecule has 0 unspecified atom stereocenters. The molecule has 4 aromatic rings. The normalized spacial score (nSPS) is 11.1. The predicted molar refractivity (Wildman–Crippen MR) is 171 cm³/mol. The Balaban J connectivity index is 1.82. The molecular formula is C32H39N7O4. The van der Waals surface area contributed by atoms with E-state index in [9.17, 15) is 9.59 Å². The Kier molecular flexibility index (Phi) is 9.66. The Bertz CT molecular complexity index is 1640. The highest BCUT2D eigenvalue weighted by atomic mass is 16.5. The van der Waals surface area contributed by atoms with Gasteiger partial charge in [0.2, 0.25) is 11.9 Å². The Morgan fingerprint density at radius 2 is 1.86 bits per heavy atom. The standard InChI is InChI=1S/C32H39N7O4/c1-9-29(40)34-24-16-25(28(42-8)17-27(24)38(7)15-14-37(5)6)35-32-33-18-23(31(41)43-20(2)3)30(36-32)39-19-21(4)22-12-10-11-13-26(22)39/h9-13,16-20H,1,14-15H2,2-8H3,(H,34,40)(H,33,35,36). The highest BCUT2D eigenvalue weighted by molar-refractivity contribution is 6.02. The third-order valence-electron chi connectivity index (χ3n) is 6.77. The fourth-order valence-electron chi connectivity index (χ4n) is 4.59. The SMILES string of the molecule is C=CC(=O)Nc1cc(Nc2ncc(C(=O)OC(C)C)c(-n3cc(C)c4ccccc43)n2)c(OC)cc1N(C)CCN(C)C. The molecule has 2 aromatic carbocycles. The van der Waals surface area contributed by atoms with Gasteiger partial charge in [0.05, 0.1) is 35.8 Å². The lowest BCUT2D eigenvalue weighted by molar-refractivity contribution is -0.111. The zero-order valence-electron chi connectivity index (χ0n) is 25.8. The minimum absolute atomic E-state index is 0.222. The number of rotatable bonds is 12. The number of anilines is 4. The minimum atomic E-state index is -0.524. The van der Waals surface area contributed by atoms with Crippen LogP contribution in [0.5, 0.6) is 5.75 Å². The molecule has 11 nitrogen and oxygen atoms in total. The number of aromatic nitrogens is 3. The van der Waals surface area contributed by atoms with E-state index < -0.39 is 5.97 Å². The number of aryl methyl sites for hydroxylation is 1. The van der Waals surface area contributed by atoms with Gasteiger partial charge in [-0.1, -0.05) is 24.8 Å². The molecule has 0 aliphatic carbocycles. The molecule has 4 rings (SSSR count). The van der Waals surface area contributed by atoms with Crippen molar-refractivity contribution in [3.8, 4) is 11.6 Å². The van der Waals surface area contributed by atoms with E-state index in [4.69, 9.17) is 14.5 Å². The zero-order chi connectivity index (χ0) is 31.3. The van der Waals surface area contributed by atoms with Crippen molar-refractivity contribution in [1.82, 2.24) is 19.4 Å². The third kappa shape index (κ3) is 7.12. The van der Waals surface area contributed by atoms with E-state index in [1.165, 1.54) is 12.3 Å². The smallest absolute Gasteiger partial charge is 0.343 e. The van der Waals surface area contributed by atoms with Crippen molar-refractivity contribution in [1.29, 1.82) is 0 Å². The Morgan fingerprint density at radius 1 is 1.12 bits per heavy atom. The number of carbonyl (C=O) groups excluding carboxylic acids is 2. The summed E-state index contributed by atoms with van der Waals surface area (Å²) in [6.45, 7) is 10.7. The van der Waals surface area contributed by atoms with Crippen LogP contribution in [0.15, 0.2) is 61.4 Å². The van der Waals surface area contributed by atoms with Gasteiger partial charge in [0.25, 0.3) is 0 Å². The highest BCUT2D eigenvalue weighted by Gasteiger charge is 2.22. The summed E-state index contributed by atoms with van der Waals surface area (Å²) in [5.41, 5.74) is 3.99. The van der Waals surface area contributed by atoms with Gasteiger partial charge < -0.3 is 34.5 Å². The lowest BCUT2D eigenvalue weighted by Gasteiger charge is -2.26.